The molecule has 2 heteroatoms. The lowest BCUT2D eigenvalue weighted by Crippen LogP contribution is -2.19. The summed E-state index contributed by atoms with van der Waals surface area (Å²) in [6, 6.07) is 8.38. The fraction of sp³-hybridized carbons (Fsp3) is 0.647. The van der Waals surface area contributed by atoms with Crippen molar-refractivity contribution >= 4 is 0 Å². The van der Waals surface area contributed by atoms with E-state index >= 15 is 0 Å². The Labute approximate surface area is 117 Å². The molecule has 2 rings (SSSR count). The van der Waals surface area contributed by atoms with Crippen LogP contribution in [0.1, 0.15) is 44.1 Å². The first-order chi connectivity index (χ1) is 9.38. The summed E-state index contributed by atoms with van der Waals surface area (Å²) in [6.07, 6.45) is 9.76. The Morgan fingerprint density at radius 2 is 1.84 bits per heavy atom. The van der Waals surface area contributed by atoms with E-state index in [9.17, 15) is 0 Å². The van der Waals surface area contributed by atoms with E-state index in [1.807, 2.05) is 12.1 Å². The molecule has 1 saturated carbocycles. The van der Waals surface area contributed by atoms with Gasteiger partial charge in [-0.3, -0.25) is 0 Å². The Morgan fingerprint density at radius 3 is 2.53 bits per heavy atom. The van der Waals surface area contributed by atoms with Crippen molar-refractivity contribution in [1.29, 1.82) is 0 Å². The Balaban J connectivity index is 1.51. The third-order valence-electron chi connectivity index (χ3n) is 4.19. The van der Waals surface area contributed by atoms with Crippen LogP contribution in [0.3, 0.4) is 0 Å². The molecule has 0 unspecified atom stereocenters. The third-order valence-corrected chi connectivity index (χ3v) is 4.19. The maximum atomic E-state index is 5.16. The van der Waals surface area contributed by atoms with E-state index in [4.69, 9.17) is 4.74 Å². The molecule has 0 bridgehead atoms. The van der Waals surface area contributed by atoms with Gasteiger partial charge >= 0.3 is 0 Å². The molecule has 0 aliphatic heterocycles. The van der Waals surface area contributed by atoms with Gasteiger partial charge in [-0.15, -0.1) is 0 Å². The van der Waals surface area contributed by atoms with Crippen LogP contribution in [0.15, 0.2) is 24.3 Å². The molecule has 1 aromatic rings. The van der Waals surface area contributed by atoms with E-state index < -0.39 is 0 Å². The predicted molar refractivity (Wildman–Crippen MR) is 80.8 cm³/mol. The van der Waals surface area contributed by atoms with Crippen molar-refractivity contribution in [2.75, 3.05) is 20.2 Å². The minimum atomic E-state index is 0.938. The van der Waals surface area contributed by atoms with E-state index in [-0.39, 0.29) is 0 Å². The quantitative estimate of drug-likeness (QED) is 0.719. The molecule has 0 spiro atoms. The Morgan fingerprint density at radius 1 is 1.11 bits per heavy atom. The summed E-state index contributed by atoms with van der Waals surface area (Å²) in [7, 11) is 1.71. The van der Waals surface area contributed by atoms with Crippen LogP contribution in [-0.2, 0) is 6.42 Å². The second-order valence-electron chi connectivity index (χ2n) is 5.64. The highest BCUT2D eigenvalue weighted by atomic mass is 16.5. The van der Waals surface area contributed by atoms with Crippen LogP contribution in [0.2, 0.25) is 0 Å². The lowest BCUT2D eigenvalue weighted by molar-refractivity contribution is 0.414. The van der Waals surface area contributed by atoms with Gasteiger partial charge in [0.05, 0.1) is 7.11 Å². The van der Waals surface area contributed by atoms with Gasteiger partial charge in [0.25, 0.3) is 0 Å². The van der Waals surface area contributed by atoms with E-state index in [1.54, 1.807) is 7.11 Å². The number of ether oxygens (including phenoxy) is 1. The van der Waals surface area contributed by atoms with Gasteiger partial charge in [-0.05, 0) is 56.0 Å². The first-order valence-electron chi connectivity index (χ1n) is 7.72. The number of methoxy groups -OCH3 is 1. The molecule has 2 nitrogen and oxygen atoms in total. The van der Waals surface area contributed by atoms with Crippen LogP contribution in [0.5, 0.6) is 5.75 Å². The lowest BCUT2D eigenvalue weighted by Gasteiger charge is -2.09. The van der Waals surface area contributed by atoms with E-state index in [2.05, 4.69) is 17.4 Å². The maximum absolute atomic E-state index is 5.16. The minimum Gasteiger partial charge on any atom is -0.497 e. The van der Waals surface area contributed by atoms with Crippen LogP contribution in [0, 0.1) is 5.92 Å². The number of benzene rings is 1. The molecule has 1 aliphatic carbocycles. The van der Waals surface area contributed by atoms with E-state index in [1.165, 1.54) is 50.6 Å². The monoisotopic (exact) mass is 261 g/mol. The van der Waals surface area contributed by atoms with Crippen molar-refractivity contribution in [3.8, 4) is 5.75 Å². The van der Waals surface area contributed by atoms with Crippen molar-refractivity contribution in [3.63, 3.8) is 0 Å². The lowest BCUT2D eigenvalue weighted by atomic mass is 10.0. The van der Waals surface area contributed by atoms with Gasteiger partial charge < -0.3 is 10.1 Å². The molecule has 0 atom stereocenters. The number of hydrogen-bond donors (Lipinski definition) is 1. The zero-order valence-electron chi connectivity index (χ0n) is 12.2. The standard InChI is InChI=1S/C17H27NO/c1-19-17-10-8-16(9-11-17)12-14-18-13-4-7-15-5-2-3-6-15/h8-11,15,18H,2-7,12-14H2,1H3. The summed E-state index contributed by atoms with van der Waals surface area (Å²) in [4.78, 5) is 0. The highest BCUT2D eigenvalue weighted by Gasteiger charge is 2.13. The largest absolute Gasteiger partial charge is 0.497 e. The van der Waals surface area contributed by atoms with Gasteiger partial charge in [-0.2, -0.15) is 0 Å². The van der Waals surface area contributed by atoms with Crippen LogP contribution >= 0.6 is 0 Å². The maximum Gasteiger partial charge on any atom is 0.118 e. The second kappa shape index (κ2) is 8.21. The molecule has 1 N–H and O–H groups in total. The normalized spacial score (nSPS) is 15.8. The Hall–Kier alpha value is -1.02. The molecule has 0 aromatic heterocycles. The molecule has 0 saturated heterocycles. The number of rotatable bonds is 8. The topological polar surface area (TPSA) is 21.3 Å². The van der Waals surface area contributed by atoms with Crippen molar-refractivity contribution in [2.45, 2.75) is 44.9 Å². The molecule has 0 radical (unpaired) electrons. The Bertz CT molecular complexity index is 341. The fourth-order valence-electron chi connectivity index (χ4n) is 2.96. The van der Waals surface area contributed by atoms with Crippen molar-refractivity contribution in [1.82, 2.24) is 5.32 Å². The summed E-state index contributed by atoms with van der Waals surface area (Å²) in [5.41, 5.74) is 1.38. The second-order valence-corrected chi connectivity index (χ2v) is 5.64. The smallest absolute Gasteiger partial charge is 0.118 e. The average molecular weight is 261 g/mol. The van der Waals surface area contributed by atoms with Gasteiger partial charge in [0.15, 0.2) is 0 Å². The van der Waals surface area contributed by atoms with Crippen molar-refractivity contribution < 1.29 is 4.74 Å². The summed E-state index contributed by atoms with van der Waals surface area (Å²) >= 11 is 0. The first-order valence-corrected chi connectivity index (χ1v) is 7.72. The van der Waals surface area contributed by atoms with Crippen LogP contribution < -0.4 is 10.1 Å². The summed E-state index contributed by atoms with van der Waals surface area (Å²) in [5, 5.41) is 3.56. The van der Waals surface area contributed by atoms with Gasteiger partial charge in [0, 0.05) is 0 Å². The summed E-state index contributed by atoms with van der Waals surface area (Å²) < 4.78 is 5.16. The molecule has 0 heterocycles. The average Bonchev–Trinajstić information content (AvgIpc) is 2.96. The van der Waals surface area contributed by atoms with Crippen molar-refractivity contribution in [3.05, 3.63) is 29.8 Å². The molecule has 0 amide bonds. The highest BCUT2D eigenvalue weighted by Crippen LogP contribution is 2.28. The zero-order chi connectivity index (χ0) is 13.3. The fourth-order valence-corrected chi connectivity index (χ4v) is 2.96. The third kappa shape index (κ3) is 5.23. The molecule has 1 aromatic carbocycles. The molecular weight excluding hydrogens is 234 g/mol. The molecule has 19 heavy (non-hydrogen) atoms. The molecular formula is C17H27NO. The first kappa shape index (κ1) is 14.4. The zero-order valence-corrected chi connectivity index (χ0v) is 12.2. The molecule has 1 aliphatic rings. The van der Waals surface area contributed by atoms with E-state index in [0.29, 0.717) is 0 Å². The SMILES string of the molecule is COc1ccc(CCNCCCC2CCCC2)cc1. The highest BCUT2D eigenvalue weighted by molar-refractivity contribution is 5.27. The number of nitrogens with one attached hydrogen (secondary N) is 1. The van der Waals surface area contributed by atoms with Gasteiger partial charge in [-0.25, -0.2) is 0 Å². The van der Waals surface area contributed by atoms with Crippen LogP contribution in [0.4, 0.5) is 0 Å². The van der Waals surface area contributed by atoms with Crippen molar-refractivity contribution in [2.24, 2.45) is 5.92 Å². The van der Waals surface area contributed by atoms with Crippen LogP contribution in [0.25, 0.3) is 0 Å². The van der Waals surface area contributed by atoms with Gasteiger partial charge in [-0.1, -0.05) is 37.8 Å². The predicted octanol–water partition coefficient (Wildman–Crippen LogP) is 3.80. The van der Waals surface area contributed by atoms with E-state index in [0.717, 1.165) is 24.6 Å². The van der Waals surface area contributed by atoms with Gasteiger partial charge in [0.2, 0.25) is 0 Å². The molecule has 1 fully saturated rings. The molecule has 106 valence electrons. The summed E-state index contributed by atoms with van der Waals surface area (Å²) in [6.45, 7) is 2.25. The number of hydrogen-bond acceptors (Lipinski definition) is 2. The van der Waals surface area contributed by atoms with Gasteiger partial charge in [0.1, 0.15) is 5.75 Å². The Kier molecular flexibility index (Phi) is 6.22. The summed E-state index contributed by atoms with van der Waals surface area (Å²) in [5.74, 6) is 1.97. The van der Waals surface area contributed by atoms with Crippen LogP contribution in [-0.4, -0.2) is 20.2 Å². The minimum absolute atomic E-state index is 0.938.